The minimum atomic E-state index is -3.33. The molecular formula is C13H16N4O3S. The van der Waals surface area contributed by atoms with Crippen LogP contribution in [0.5, 0.6) is 0 Å². The fraction of sp³-hybridized carbons (Fsp3) is 0.231. The van der Waals surface area contributed by atoms with Gasteiger partial charge < -0.3 is 11.1 Å². The van der Waals surface area contributed by atoms with Crippen LogP contribution in [0.3, 0.4) is 0 Å². The Bertz CT molecular complexity index is 767. The molecule has 0 aliphatic heterocycles. The van der Waals surface area contributed by atoms with E-state index in [1.807, 2.05) is 0 Å². The number of hydrogen-bond acceptors (Lipinski definition) is 5. The van der Waals surface area contributed by atoms with Crippen LogP contribution in [-0.2, 0) is 21.7 Å². The summed E-state index contributed by atoms with van der Waals surface area (Å²) in [5.41, 5.74) is 6.80. The molecule has 2 aromatic rings. The summed E-state index contributed by atoms with van der Waals surface area (Å²) in [7, 11) is -1.60. The molecule has 0 spiro atoms. The molecule has 2 rings (SSSR count). The number of benzene rings is 1. The third-order valence-corrected chi connectivity index (χ3v) is 4.01. The van der Waals surface area contributed by atoms with Gasteiger partial charge >= 0.3 is 0 Å². The maximum absolute atomic E-state index is 12.1. The number of aromatic nitrogens is 2. The molecule has 7 nitrogen and oxygen atoms in total. The molecule has 112 valence electrons. The molecule has 1 heterocycles. The zero-order valence-corrected chi connectivity index (χ0v) is 12.5. The molecule has 0 bridgehead atoms. The van der Waals surface area contributed by atoms with Crippen molar-refractivity contribution < 1.29 is 13.2 Å². The van der Waals surface area contributed by atoms with Crippen LogP contribution in [0.2, 0.25) is 0 Å². The van der Waals surface area contributed by atoms with Crippen LogP contribution >= 0.6 is 0 Å². The number of nitrogens with one attached hydrogen (secondary N) is 1. The first-order valence-corrected chi connectivity index (χ1v) is 8.01. The zero-order valence-electron chi connectivity index (χ0n) is 11.6. The van der Waals surface area contributed by atoms with Gasteiger partial charge in [0, 0.05) is 30.8 Å². The van der Waals surface area contributed by atoms with E-state index in [4.69, 9.17) is 5.73 Å². The van der Waals surface area contributed by atoms with Crippen LogP contribution in [0.25, 0.3) is 0 Å². The van der Waals surface area contributed by atoms with Gasteiger partial charge in [-0.25, -0.2) is 8.42 Å². The van der Waals surface area contributed by atoms with Gasteiger partial charge in [-0.05, 0) is 18.2 Å². The summed E-state index contributed by atoms with van der Waals surface area (Å²) in [6.07, 6.45) is 4.27. The fourth-order valence-electron chi connectivity index (χ4n) is 1.78. The highest BCUT2D eigenvalue weighted by molar-refractivity contribution is 7.90. The van der Waals surface area contributed by atoms with Gasteiger partial charge in [-0.1, -0.05) is 6.07 Å². The maximum atomic E-state index is 12.1. The molecule has 21 heavy (non-hydrogen) atoms. The molecule has 1 unspecified atom stereocenters. The highest BCUT2D eigenvalue weighted by Crippen LogP contribution is 2.17. The first kappa shape index (κ1) is 15.2. The Hall–Kier alpha value is -2.19. The number of sulfone groups is 1. The number of carbonyl (C=O) groups is 1. The largest absolute Gasteiger partial charge is 0.324 e. The van der Waals surface area contributed by atoms with E-state index in [9.17, 15) is 13.2 Å². The van der Waals surface area contributed by atoms with Gasteiger partial charge in [-0.15, -0.1) is 0 Å². The van der Waals surface area contributed by atoms with Crippen LogP contribution < -0.4 is 11.1 Å². The van der Waals surface area contributed by atoms with E-state index in [0.29, 0.717) is 11.3 Å². The second-order valence-electron chi connectivity index (χ2n) is 4.71. The van der Waals surface area contributed by atoms with Crippen molar-refractivity contribution in [2.24, 2.45) is 12.8 Å². The van der Waals surface area contributed by atoms with Crippen molar-refractivity contribution in [1.29, 1.82) is 0 Å². The third-order valence-electron chi connectivity index (χ3n) is 2.90. The first-order chi connectivity index (χ1) is 9.77. The number of nitrogens with two attached hydrogens (primary N) is 1. The van der Waals surface area contributed by atoms with E-state index in [1.54, 1.807) is 30.1 Å². The summed E-state index contributed by atoms with van der Waals surface area (Å²) in [6, 6.07) is 5.14. The van der Waals surface area contributed by atoms with Crippen LogP contribution in [0, 0.1) is 0 Å². The summed E-state index contributed by atoms with van der Waals surface area (Å²) < 4.78 is 24.5. The van der Waals surface area contributed by atoms with E-state index in [2.05, 4.69) is 10.4 Å². The average molecular weight is 308 g/mol. The second-order valence-corrected chi connectivity index (χ2v) is 6.73. The van der Waals surface area contributed by atoms with Gasteiger partial charge in [-0.2, -0.15) is 5.10 Å². The molecule has 0 radical (unpaired) electrons. The summed E-state index contributed by atoms with van der Waals surface area (Å²) in [5, 5.41) is 6.55. The lowest BCUT2D eigenvalue weighted by Crippen LogP contribution is -2.27. The Morgan fingerprint density at radius 2 is 2.14 bits per heavy atom. The van der Waals surface area contributed by atoms with E-state index in [-0.39, 0.29) is 4.90 Å². The predicted octanol–water partition coefficient (Wildman–Crippen LogP) is 0.462. The van der Waals surface area contributed by atoms with Gasteiger partial charge in [0.2, 0.25) is 5.91 Å². The van der Waals surface area contributed by atoms with Gasteiger partial charge in [0.25, 0.3) is 0 Å². The molecule has 3 N–H and O–H groups in total. The number of rotatable bonds is 4. The summed E-state index contributed by atoms with van der Waals surface area (Å²) in [4.78, 5) is 12.2. The number of anilines is 1. The topological polar surface area (TPSA) is 107 Å². The van der Waals surface area contributed by atoms with Crippen molar-refractivity contribution in [1.82, 2.24) is 9.78 Å². The quantitative estimate of drug-likeness (QED) is 0.853. The number of amides is 1. The van der Waals surface area contributed by atoms with Crippen molar-refractivity contribution in [3.05, 3.63) is 42.2 Å². The van der Waals surface area contributed by atoms with Crippen molar-refractivity contribution in [3.8, 4) is 0 Å². The standard InChI is InChI=1S/C13H16N4O3S/c1-17-8-9(7-15-17)12(14)13(18)16-10-4-3-5-11(6-10)21(2,19)20/h3-8,12H,14H2,1-2H3,(H,16,18). The molecule has 0 aliphatic rings. The van der Waals surface area contributed by atoms with Gasteiger partial charge in [0.15, 0.2) is 9.84 Å². The highest BCUT2D eigenvalue weighted by Gasteiger charge is 2.18. The van der Waals surface area contributed by atoms with E-state index >= 15 is 0 Å². The van der Waals surface area contributed by atoms with Crippen molar-refractivity contribution in [2.45, 2.75) is 10.9 Å². The number of carbonyl (C=O) groups excluding carboxylic acids is 1. The fourth-order valence-corrected chi connectivity index (χ4v) is 2.44. The molecule has 0 fully saturated rings. The van der Waals surface area contributed by atoms with Crippen LogP contribution in [-0.4, -0.2) is 30.4 Å². The molecular weight excluding hydrogens is 292 g/mol. The third kappa shape index (κ3) is 3.67. The first-order valence-electron chi connectivity index (χ1n) is 6.12. The van der Waals surface area contributed by atoms with Crippen molar-refractivity contribution >= 4 is 21.4 Å². The molecule has 0 saturated heterocycles. The summed E-state index contributed by atoms with van der Waals surface area (Å²) >= 11 is 0. The molecule has 0 saturated carbocycles. The molecule has 0 aliphatic carbocycles. The number of hydrogen-bond donors (Lipinski definition) is 2. The number of aryl methyl sites for hydroxylation is 1. The van der Waals surface area contributed by atoms with E-state index < -0.39 is 21.8 Å². The Morgan fingerprint density at radius 3 is 2.71 bits per heavy atom. The van der Waals surface area contributed by atoms with Gasteiger partial charge in [0.05, 0.1) is 11.1 Å². The Balaban J connectivity index is 2.16. The maximum Gasteiger partial charge on any atom is 0.246 e. The Kier molecular flexibility index (Phi) is 4.10. The molecule has 1 amide bonds. The van der Waals surface area contributed by atoms with Crippen LogP contribution in [0.1, 0.15) is 11.6 Å². The summed E-state index contributed by atoms with van der Waals surface area (Å²) in [6.45, 7) is 0. The summed E-state index contributed by atoms with van der Waals surface area (Å²) in [5.74, 6) is -0.436. The lowest BCUT2D eigenvalue weighted by atomic mass is 10.1. The SMILES string of the molecule is Cn1cc(C(N)C(=O)Nc2cccc(S(C)(=O)=O)c2)cn1. The van der Waals surface area contributed by atoms with E-state index in [1.165, 1.54) is 18.3 Å². The van der Waals surface area contributed by atoms with Gasteiger partial charge in [-0.3, -0.25) is 9.48 Å². The van der Waals surface area contributed by atoms with Crippen molar-refractivity contribution in [3.63, 3.8) is 0 Å². The van der Waals surface area contributed by atoms with Crippen molar-refractivity contribution in [2.75, 3.05) is 11.6 Å². The minimum absolute atomic E-state index is 0.134. The zero-order chi connectivity index (χ0) is 15.6. The molecule has 1 aromatic heterocycles. The molecule has 1 aromatic carbocycles. The molecule has 8 heteroatoms. The van der Waals surface area contributed by atoms with Crippen LogP contribution in [0.15, 0.2) is 41.6 Å². The second kappa shape index (κ2) is 5.66. The Labute approximate surface area is 122 Å². The smallest absolute Gasteiger partial charge is 0.246 e. The lowest BCUT2D eigenvalue weighted by molar-refractivity contribution is -0.117. The number of nitrogens with zero attached hydrogens (tertiary/aromatic N) is 2. The van der Waals surface area contributed by atoms with E-state index in [0.717, 1.165) is 6.26 Å². The average Bonchev–Trinajstić information content (AvgIpc) is 2.84. The predicted molar refractivity (Wildman–Crippen MR) is 78.3 cm³/mol. The van der Waals surface area contributed by atoms with Crippen LogP contribution in [0.4, 0.5) is 5.69 Å². The van der Waals surface area contributed by atoms with Gasteiger partial charge in [0.1, 0.15) is 6.04 Å². The Morgan fingerprint density at radius 1 is 1.43 bits per heavy atom. The minimum Gasteiger partial charge on any atom is -0.324 e. The lowest BCUT2D eigenvalue weighted by Gasteiger charge is -2.11. The highest BCUT2D eigenvalue weighted by atomic mass is 32.2. The monoisotopic (exact) mass is 308 g/mol. The normalized spacial score (nSPS) is 12.9. The molecule has 1 atom stereocenters.